The van der Waals surface area contributed by atoms with Gasteiger partial charge in [0, 0.05) is 27.7 Å². The van der Waals surface area contributed by atoms with Gasteiger partial charge in [-0.05, 0) is 42.8 Å². The number of carbonyl (C=O) groups excluding carboxylic acids is 3. The smallest absolute Gasteiger partial charge is 0.326 e. The Kier molecular flexibility index (Phi) is 5.54. The molecule has 0 bridgehead atoms. The third-order valence-electron chi connectivity index (χ3n) is 5.22. The van der Waals surface area contributed by atoms with Crippen LogP contribution in [-0.4, -0.2) is 35.3 Å². The predicted octanol–water partition coefficient (Wildman–Crippen LogP) is 4.17. The van der Waals surface area contributed by atoms with E-state index in [0.717, 1.165) is 27.4 Å². The lowest BCUT2D eigenvalue weighted by atomic mass is 10.0. The van der Waals surface area contributed by atoms with E-state index in [1.165, 1.54) is 6.92 Å². The number of esters is 1. The maximum Gasteiger partial charge on any atom is 0.326 e. The minimum atomic E-state index is -0.969. The van der Waals surface area contributed by atoms with Crippen LogP contribution in [0.1, 0.15) is 33.3 Å². The first-order valence-corrected chi connectivity index (χ1v) is 10.0. The highest BCUT2D eigenvalue weighted by Gasteiger charge is 2.24. The van der Waals surface area contributed by atoms with Crippen molar-refractivity contribution in [1.29, 1.82) is 0 Å². The Morgan fingerprint density at radius 2 is 1.68 bits per heavy atom. The molecule has 0 spiro atoms. The molecule has 0 unspecified atom stereocenters. The first-order valence-electron chi connectivity index (χ1n) is 10.0. The average molecular weight is 414 g/mol. The van der Waals surface area contributed by atoms with Crippen molar-refractivity contribution in [2.45, 2.75) is 20.0 Å². The van der Waals surface area contributed by atoms with E-state index in [-0.39, 0.29) is 18.2 Å². The summed E-state index contributed by atoms with van der Waals surface area (Å²) in [5, 5.41) is 5.30. The molecular weight excluding hydrogens is 392 g/mol. The highest BCUT2D eigenvalue weighted by molar-refractivity contribution is 6.11. The number of ketones is 1. The minimum Gasteiger partial charge on any atom is -0.453 e. The van der Waals surface area contributed by atoms with E-state index in [2.05, 4.69) is 10.3 Å². The summed E-state index contributed by atoms with van der Waals surface area (Å²) in [5.74, 6) is -1.34. The molecule has 1 heterocycles. The summed E-state index contributed by atoms with van der Waals surface area (Å²) < 4.78 is 5.28. The molecule has 1 aromatic heterocycles. The standard InChI is InChI=1S/C25H22N2O4/c1-15-23(20-9-5-6-10-21(20)27-15)24(29)16(2)31-22(28)14-26-25(30)19-12-11-17-7-3-4-8-18(17)13-19/h3-13,16,27H,14H2,1-2H3,(H,26,30)/t16-/m1/s1. The van der Waals surface area contributed by atoms with E-state index in [9.17, 15) is 14.4 Å². The molecule has 0 aliphatic heterocycles. The molecule has 0 fully saturated rings. The number of Topliss-reactive ketones (excluding diaryl/α,β-unsaturated/α-hetero) is 1. The Hall–Kier alpha value is -3.93. The molecule has 0 saturated carbocycles. The minimum absolute atomic E-state index is 0.288. The number of para-hydroxylation sites is 1. The third kappa shape index (κ3) is 4.19. The van der Waals surface area contributed by atoms with Gasteiger partial charge in [-0.25, -0.2) is 0 Å². The van der Waals surface area contributed by atoms with Crippen molar-refractivity contribution < 1.29 is 19.1 Å². The highest BCUT2D eigenvalue weighted by atomic mass is 16.5. The van der Waals surface area contributed by atoms with Gasteiger partial charge in [0.15, 0.2) is 6.10 Å². The van der Waals surface area contributed by atoms with Crippen molar-refractivity contribution >= 4 is 39.3 Å². The van der Waals surface area contributed by atoms with Gasteiger partial charge in [-0.1, -0.05) is 48.5 Å². The monoisotopic (exact) mass is 414 g/mol. The first kappa shape index (κ1) is 20.3. The lowest BCUT2D eigenvalue weighted by molar-refractivity contribution is -0.145. The van der Waals surface area contributed by atoms with Crippen molar-refractivity contribution in [2.75, 3.05) is 6.54 Å². The van der Waals surface area contributed by atoms with Gasteiger partial charge in [0.05, 0.1) is 0 Å². The Morgan fingerprint density at radius 1 is 0.968 bits per heavy atom. The molecule has 4 aromatic rings. The number of ether oxygens (including phenoxy) is 1. The van der Waals surface area contributed by atoms with E-state index < -0.39 is 12.1 Å². The summed E-state index contributed by atoms with van der Waals surface area (Å²) in [5.41, 5.74) is 2.53. The number of aryl methyl sites for hydroxylation is 1. The zero-order chi connectivity index (χ0) is 22.0. The van der Waals surface area contributed by atoms with Gasteiger partial charge in [-0.2, -0.15) is 0 Å². The lowest BCUT2D eigenvalue weighted by Crippen LogP contribution is -2.34. The largest absolute Gasteiger partial charge is 0.453 e. The number of benzene rings is 3. The number of H-pyrrole nitrogens is 1. The number of carbonyl (C=O) groups is 3. The van der Waals surface area contributed by atoms with Gasteiger partial charge in [0.2, 0.25) is 5.78 Å². The summed E-state index contributed by atoms with van der Waals surface area (Å²) in [6.45, 7) is 3.02. The molecule has 0 aliphatic rings. The Bertz CT molecular complexity index is 1310. The summed E-state index contributed by atoms with van der Waals surface area (Å²) in [4.78, 5) is 40.7. The molecule has 0 radical (unpaired) electrons. The maximum absolute atomic E-state index is 12.9. The van der Waals surface area contributed by atoms with Crippen molar-refractivity contribution in [3.63, 3.8) is 0 Å². The number of amides is 1. The van der Waals surface area contributed by atoms with Crippen LogP contribution in [0.3, 0.4) is 0 Å². The van der Waals surface area contributed by atoms with E-state index in [0.29, 0.717) is 11.1 Å². The van der Waals surface area contributed by atoms with Gasteiger partial charge in [-0.3, -0.25) is 14.4 Å². The molecule has 3 aromatic carbocycles. The molecule has 156 valence electrons. The van der Waals surface area contributed by atoms with Crippen LogP contribution >= 0.6 is 0 Å². The van der Waals surface area contributed by atoms with Crippen LogP contribution in [-0.2, 0) is 9.53 Å². The Labute approximate surface area is 179 Å². The van der Waals surface area contributed by atoms with Crippen LogP contribution in [0, 0.1) is 6.92 Å². The van der Waals surface area contributed by atoms with E-state index >= 15 is 0 Å². The number of hydrogen-bond donors (Lipinski definition) is 2. The number of nitrogens with one attached hydrogen (secondary N) is 2. The second kappa shape index (κ2) is 8.44. The molecular formula is C25H22N2O4. The van der Waals surface area contributed by atoms with Gasteiger partial charge >= 0.3 is 5.97 Å². The van der Waals surface area contributed by atoms with Crippen molar-refractivity contribution in [2.24, 2.45) is 0 Å². The molecule has 6 nitrogen and oxygen atoms in total. The number of hydrogen-bond acceptors (Lipinski definition) is 4. The van der Waals surface area contributed by atoms with Crippen molar-refractivity contribution in [3.8, 4) is 0 Å². The van der Waals surface area contributed by atoms with Crippen LogP contribution in [0.2, 0.25) is 0 Å². The molecule has 0 aliphatic carbocycles. The second-order valence-corrected chi connectivity index (χ2v) is 7.41. The zero-order valence-electron chi connectivity index (χ0n) is 17.3. The Balaban J connectivity index is 1.38. The predicted molar refractivity (Wildman–Crippen MR) is 119 cm³/mol. The third-order valence-corrected chi connectivity index (χ3v) is 5.22. The second-order valence-electron chi connectivity index (χ2n) is 7.41. The van der Waals surface area contributed by atoms with Crippen molar-refractivity contribution in [1.82, 2.24) is 10.3 Å². The summed E-state index contributed by atoms with van der Waals surface area (Å²) in [6, 6.07) is 20.5. The lowest BCUT2D eigenvalue weighted by Gasteiger charge is -2.13. The van der Waals surface area contributed by atoms with Crippen LogP contribution in [0.15, 0.2) is 66.7 Å². The van der Waals surface area contributed by atoms with Gasteiger partial charge < -0.3 is 15.0 Å². The Morgan fingerprint density at radius 3 is 2.48 bits per heavy atom. The summed E-state index contributed by atoms with van der Waals surface area (Å²) in [7, 11) is 0. The fourth-order valence-corrected chi connectivity index (χ4v) is 3.67. The maximum atomic E-state index is 12.9. The van der Waals surface area contributed by atoms with Gasteiger partial charge in [0.25, 0.3) is 5.91 Å². The number of fused-ring (bicyclic) bond motifs is 2. The van der Waals surface area contributed by atoms with E-state index in [1.807, 2.05) is 61.5 Å². The summed E-state index contributed by atoms with van der Waals surface area (Å²) >= 11 is 0. The molecule has 6 heteroatoms. The molecule has 1 amide bonds. The molecule has 2 N–H and O–H groups in total. The number of aromatic amines is 1. The average Bonchev–Trinajstić information content (AvgIpc) is 3.12. The first-order chi connectivity index (χ1) is 14.9. The molecule has 31 heavy (non-hydrogen) atoms. The quantitative estimate of drug-likeness (QED) is 0.366. The molecule has 0 saturated heterocycles. The van der Waals surface area contributed by atoms with Gasteiger partial charge in [-0.15, -0.1) is 0 Å². The number of aromatic nitrogens is 1. The normalized spacial score (nSPS) is 11.9. The SMILES string of the molecule is Cc1[nH]c2ccccc2c1C(=O)[C@@H](C)OC(=O)CNC(=O)c1ccc2ccccc2c1. The van der Waals surface area contributed by atoms with Crippen LogP contribution in [0.4, 0.5) is 0 Å². The van der Waals surface area contributed by atoms with E-state index in [4.69, 9.17) is 4.74 Å². The van der Waals surface area contributed by atoms with E-state index in [1.54, 1.807) is 12.1 Å². The fourth-order valence-electron chi connectivity index (χ4n) is 3.67. The summed E-state index contributed by atoms with van der Waals surface area (Å²) in [6.07, 6.45) is -0.969. The van der Waals surface area contributed by atoms with Crippen LogP contribution < -0.4 is 5.32 Å². The highest BCUT2D eigenvalue weighted by Crippen LogP contribution is 2.24. The van der Waals surface area contributed by atoms with Crippen molar-refractivity contribution in [3.05, 3.63) is 83.6 Å². The van der Waals surface area contributed by atoms with Crippen LogP contribution in [0.5, 0.6) is 0 Å². The number of rotatable bonds is 6. The zero-order valence-corrected chi connectivity index (χ0v) is 17.3. The molecule has 4 rings (SSSR count). The molecule has 1 atom stereocenters. The van der Waals surface area contributed by atoms with Gasteiger partial charge in [0.1, 0.15) is 6.54 Å². The fraction of sp³-hybridized carbons (Fsp3) is 0.160. The van der Waals surface area contributed by atoms with Crippen LogP contribution in [0.25, 0.3) is 21.7 Å². The topological polar surface area (TPSA) is 88.3 Å².